The standard InChI is InChI=1S/C25H22N8O2/c1-14-8-10-18(12-15(14)2)33-25(35)23(16(3)30-33)27-26-21-13-17(19-6-4-5-7-22(19)34)9-11-20(21)24-28-31-32-29-24/h4-13,26,34H,1-3H3,(H,28,29,31,32)/b27-23-. The van der Waals surface area contributed by atoms with E-state index in [4.69, 9.17) is 0 Å². The summed E-state index contributed by atoms with van der Waals surface area (Å²) >= 11 is 0. The van der Waals surface area contributed by atoms with Crippen molar-refractivity contribution >= 4 is 28.7 Å². The number of para-hydroxylation sites is 1. The van der Waals surface area contributed by atoms with E-state index < -0.39 is 0 Å². The van der Waals surface area contributed by atoms with Gasteiger partial charge in [0.05, 0.1) is 17.1 Å². The van der Waals surface area contributed by atoms with Gasteiger partial charge in [-0.15, -0.1) is 5.10 Å². The Morgan fingerprint density at radius 2 is 1.80 bits per heavy atom. The summed E-state index contributed by atoms with van der Waals surface area (Å²) in [6.45, 7) is 5.74. The van der Waals surface area contributed by atoms with Gasteiger partial charge >= 0.3 is 5.91 Å². The minimum Gasteiger partial charge on any atom is -0.507 e. The predicted octanol–water partition coefficient (Wildman–Crippen LogP) is 4.05. The van der Waals surface area contributed by atoms with Crippen LogP contribution in [0.2, 0.25) is 0 Å². The third-order valence-electron chi connectivity index (χ3n) is 5.85. The Labute approximate surface area is 201 Å². The molecular formula is C25H22N8O2. The Morgan fingerprint density at radius 1 is 0.971 bits per heavy atom. The number of hydrazone groups is 2. The molecule has 35 heavy (non-hydrogen) atoms. The Bertz CT molecular complexity index is 1490. The van der Waals surface area contributed by atoms with Gasteiger partial charge in [-0.1, -0.05) is 30.3 Å². The number of phenolic OH excluding ortho intramolecular Hbond substituents is 1. The first-order chi connectivity index (χ1) is 16.9. The summed E-state index contributed by atoms with van der Waals surface area (Å²) in [6.07, 6.45) is 0. The number of hydrogen-bond donors (Lipinski definition) is 3. The van der Waals surface area contributed by atoms with E-state index >= 15 is 0 Å². The Morgan fingerprint density at radius 3 is 2.54 bits per heavy atom. The van der Waals surface area contributed by atoms with E-state index in [0.29, 0.717) is 34.0 Å². The minimum absolute atomic E-state index is 0.150. The molecule has 10 heteroatoms. The molecule has 0 bridgehead atoms. The van der Waals surface area contributed by atoms with E-state index in [1.807, 2.05) is 62.4 Å². The first-order valence-electron chi connectivity index (χ1n) is 10.9. The number of benzene rings is 3. The smallest absolute Gasteiger partial charge is 0.301 e. The van der Waals surface area contributed by atoms with Crippen LogP contribution in [0.5, 0.6) is 5.75 Å². The number of carbonyl (C=O) groups excluding carboxylic acids is 1. The highest BCUT2D eigenvalue weighted by molar-refractivity contribution is 6.71. The largest absolute Gasteiger partial charge is 0.507 e. The average Bonchev–Trinajstić information content (AvgIpc) is 3.48. The van der Waals surface area contributed by atoms with Gasteiger partial charge in [0.15, 0.2) is 11.5 Å². The van der Waals surface area contributed by atoms with Crippen molar-refractivity contribution in [1.82, 2.24) is 20.6 Å². The third kappa shape index (κ3) is 4.12. The van der Waals surface area contributed by atoms with Crippen molar-refractivity contribution in [2.75, 3.05) is 10.4 Å². The van der Waals surface area contributed by atoms with Gasteiger partial charge in [-0.2, -0.15) is 15.2 Å². The lowest BCUT2D eigenvalue weighted by Gasteiger charge is -2.13. The molecular weight excluding hydrogens is 444 g/mol. The van der Waals surface area contributed by atoms with Gasteiger partial charge in [0.25, 0.3) is 0 Å². The van der Waals surface area contributed by atoms with Gasteiger partial charge in [-0.3, -0.25) is 10.2 Å². The Balaban J connectivity index is 1.50. The van der Waals surface area contributed by atoms with Crippen LogP contribution in [-0.4, -0.2) is 43.1 Å². The Kier molecular flexibility index (Phi) is 5.54. The molecule has 0 saturated carbocycles. The minimum atomic E-state index is -0.335. The number of nitrogens with one attached hydrogen (secondary N) is 2. The lowest BCUT2D eigenvalue weighted by Crippen LogP contribution is -2.28. The van der Waals surface area contributed by atoms with Crippen LogP contribution in [-0.2, 0) is 4.79 Å². The van der Waals surface area contributed by atoms with Crippen molar-refractivity contribution in [2.45, 2.75) is 20.8 Å². The van der Waals surface area contributed by atoms with Gasteiger partial charge in [0, 0.05) is 11.1 Å². The number of tetrazole rings is 1. The number of carbonyl (C=O) groups is 1. The van der Waals surface area contributed by atoms with Gasteiger partial charge in [-0.25, -0.2) is 5.10 Å². The molecule has 0 saturated heterocycles. The zero-order valence-electron chi connectivity index (χ0n) is 19.3. The average molecular weight is 467 g/mol. The fraction of sp³-hybridized carbons (Fsp3) is 0.120. The highest BCUT2D eigenvalue weighted by Gasteiger charge is 2.31. The molecule has 3 aromatic carbocycles. The number of hydrogen-bond acceptors (Lipinski definition) is 8. The molecule has 0 fully saturated rings. The lowest BCUT2D eigenvalue weighted by molar-refractivity contribution is -0.112. The summed E-state index contributed by atoms with van der Waals surface area (Å²) in [5.41, 5.74) is 9.14. The molecule has 4 aromatic rings. The van der Waals surface area contributed by atoms with E-state index in [1.165, 1.54) is 5.01 Å². The number of rotatable bonds is 5. The number of H-pyrrole nitrogens is 1. The predicted molar refractivity (Wildman–Crippen MR) is 134 cm³/mol. The molecule has 0 aliphatic carbocycles. The van der Waals surface area contributed by atoms with Gasteiger partial charge in [0.1, 0.15) is 5.75 Å². The van der Waals surface area contributed by atoms with Crippen molar-refractivity contribution in [3.63, 3.8) is 0 Å². The normalized spacial score (nSPS) is 14.5. The lowest BCUT2D eigenvalue weighted by atomic mass is 10.0. The zero-order valence-corrected chi connectivity index (χ0v) is 19.3. The topological polar surface area (TPSA) is 132 Å². The molecule has 174 valence electrons. The highest BCUT2D eigenvalue weighted by Crippen LogP contribution is 2.34. The first-order valence-corrected chi connectivity index (χ1v) is 10.9. The van der Waals surface area contributed by atoms with Crippen LogP contribution in [0.15, 0.2) is 70.9 Å². The van der Waals surface area contributed by atoms with E-state index in [-0.39, 0.29) is 17.4 Å². The summed E-state index contributed by atoms with van der Waals surface area (Å²) in [7, 11) is 0. The Hall–Kier alpha value is -4.86. The molecule has 1 aliphatic heterocycles. The number of phenols is 1. The van der Waals surface area contributed by atoms with Crippen LogP contribution in [0, 0.1) is 13.8 Å². The number of nitrogens with zero attached hydrogens (tertiary/aromatic N) is 6. The van der Waals surface area contributed by atoms with Crippen LogP contribution in [0.25, 0.3) is 22.5 Å². The number of aryl methyl sites for hydroxylation is 2. The third-order valence-corrected chi connectivity index (χ3v) is 5.85. The van der Waals surface area contributed by atoms with Crippen LogP contribution < -0.4 is 10.4 Å². The van der Waals surface area contributed by atoms with Crippen LogP contribution in [0.3, 0.4) is 0 Å². The second-order valence-corrected chi connectivity index (χ2v) is 8.17. The fourth-order valence-corrected chi connectivity index (χ4v) is 3.78. The summed E-state index contributed by atoms with van der Waals surface area (Å²) in [6, 6.07) is 18.2. The van der Waals surface area contributed by atoms with Gasteiger partial charge in [-0.05, 0) is 78.2 Å². The summed E-state index contributed by atoms with van der Waals surface area (Å²) in [5.74, 6) is 0.242. The molecule has 0 atom stereocenters. The van der Waals surface area contributed by atoms with Crippen molar-refractivity contribution in [3.8, 4) is 28.3 Å². The second kappa shape index (κ2) is 8.82. The number of amides is 1. The second-order valence-electron chi connectivity index (χ2n) is 8.17. The molecule has 5 rings (SSSR count). The van der Waals surface area contributed by atoms with E-state index in [0.717, 1.165) is 16.7 Å². The summed E-state index contributed by atoms with van der Waals surface area (Å²) in [5, 5.41) is 34.5. The molecule has 0 radical (unpaired) electrons. The van der Waals surface area contributed by atoms with Crippen molar-refractivity contribution in [3.05, 3.63) is 71.8 Å². The van der Waals surface area contributed by atoms with Crippen molar-refractivity contribution < 1.29 is 9.90 Å². The molecule has 0 spiro atoms. The van der Waals surface area contributed by atoms with Crippen molar-refractivity contribution in [2.24, 2.45) is 10.2 Å². The molecule has 1 amide bonds. The number of aromatic hydroxyl groups is 1. The maximum absolute atomic E-state index is 13.1. The van der Waals surface area contributed by atoms with Crippen LogP contribution in [0.4, 0.5) is 11.4 Å². The summed E-state index contributed by atoms with van der Waals surface area (Å²) in [4.78, 5) is 13.1. The van der Waals surface area contributed by atoms with Crippen LogP contribution >= 0.6 is 0 Å². The quantitative estimate of drug-likeness (QED) is 0.380. The number of anilines is 2. The van der Waals surface area contributed by atoms with E-state index in [2.05, 4.69) is 36.3 Å². The van der Waals surface area contributed by atoms with E-state index in [1.54, 1.807) is 19.1 Å². The fourth-order valence-electron chi connectivity index (χ4n) is 3.78. The monoisotopic (exact) mass is 466 g/mol. The maximum atomic E-state index is 13.1. The zero-order chi connectivity index (χ0) is 24.5. The molecule has 2 heterocycles. The number of aromatic amines is 1. The van der Waals surface area contributed by atoms with E-state index in [9.17, 15) is 9.90 Å². The maximum Gasteiger partial charge on any atom is 0.301 e. The SMILES string of the molecule is CC1=NN(c2ccc(C)c(C)c2)C(=O)/C1=N\Nc1cc(-c2ccccc2O)ccc1-c1nnn[nH]1. The highest BCUT2D eigenvalue weighted by atomic mass is 16.3. The molecule has 0 unspecified atom stereocenters. The number of aromatic nitrogens is 4. The molecule has 3 N–H and O–H groups in total. The van der Waals surface area contributed by atoms with Gasteiger partial charge < -0.3 is 5.11 Å². The molecule has 1 aliphatic rings. The van der Waals surface area contributed by atoms with Gasteiger partial charge in [0.2, 0.25) is 0 Å². The molecule has 1 aromatic heterocycles. The molecule has 10 nitrogen and oxygen atoms in total. The first kappa shape index (κ1) is 22.0. The summed E-state index contributed by atoms with van der Waals surface area (Å²) < 4.78 is 0. The van der Waals surface area contributed by atoms with Crippen molar-refractivity contribution in [1.29, 1.82) is 0 Å². The van der Waals surface area contributed by atoms with Crippen LogP contribution in [0.1, 0.15) is 18.1 Å².